The molecule has 0 radical (unpaired) electrons. The molecule has 0 aliphatic heterocycles. The van der Waals surface area contributed by atoms with Crippen LogP contribution < -0.4 is 20.1 Å². The third kappa shape index (κ3) is 3.50. The lowest BCUT2D eigenvalue weighted by molar-refractivity contribution is 0.292. The van der Waals surface area contributed by atoms with Crippen LogP contribution in [0.3, 0.4) is 0 Å². The standard InChI is InChI=1S/C14H19N5O2/c1-4-9-21-14-17-12(15)16-13(18-14)19(2)10-7-5-6-8-11(10)20-3/h5-8H,4,9H2,1-3H3,(H2,15,16,17,18). The first-order valence-electron chi connectivity index (χ1n) is 6.66. The largest absolute Gasteiger partial charge is 0.495 e. The summed E-state index contributed by atoms with van der Waals surface area (Å²) < 4.78 is 10.8. The second-order valence-corrected chi connectivity index (χ2v) is 4.36. The van der Waals surface area contributed by atoms with Crippen molar-refractivity contribution in [3.63, 3.8) is 0 Å². The van der Waals surface area contributed by atoms with E-state index in [1.807, 2.05) is 38.2 Å². The van der Waals surface area contributed by atoms with Crippen LogP contribution in [0.25, 0.3) is 0 Å². The molecular formula is C14H19N5O2. The van der Waals surface area contributed by atoms with Gasteiger partial charge < -0.3 is 20.1 Å². The van der Waals surface area contributed by atoms with E-state index >= 15 is 0 Å². The van der Waals surface area contributed by atoms with Crippen molar-refractivity contribution in [3.8, 4) is 11.8 Å². The van der Waals surface area contributed by atoms with Gasteiger partial charge in [-0.2, -0.15) is 15.0 Å². The summed E-state index contributed by atoms with van der Waals surface area (Å²) in [5.74, 6) is 1.24. The molecule has 0 saturated heterocycles. The monoisotopic (exact) mass is 289 g/mol. The number of nitrogens with zero attached hydrogens (tertiary/aromatic N) is 4. The molecule has 7 heteroatoms. The number of hydrogen-bond donors (Lipinski definition) is 1. The zero-order valence-corrected chi connectivity index (χ0v) is 12.4. The predicted molar refractivity (Wildman–Crippen MR) is 81.1 cm³/mol. The van der Waals surface area contributed by atoms with Gasteiger partial charge in [-0.3, -0.25) is 0 Å². The number of methoxy groups -OCH3 is 1. The average Bonchev–Trinajstić information content (AvgIpc) is 2.51. The molecule has 2 rings (SSSR count). The molecule has 7 nitrogen and oxygen atoms in total. The minimum atomic E-state index is 0.118. The van der Waals surface area contributed by atoms with Crippen molar-refractivity contribution in [1.29, 1.82) is 0 Å². The summed E-state index contributed by atoms with van der Waals surface area (Å²) in [6.07, 6.45) is 0.864. The minimum absolute atomic E-state index is 0.118. The van der Waals surface area contributed by atoms with Gasteiger partial charge in [-0.05, 0) is 18.6 Å². The van der Waals surface area contributed by atoms with Crippen LogP contribution in [-0.4, -0.2) is 35.7 Å². The molecule has 2 aromatic rings. The Morgan fingerprint density at radius 1 is 1.19 bits per heavy atom. The molecule has 1 heterocycles. The molecule has 0 fully saturated rings. The van der Waals surface area contributed by atoms with Gasteiger partial charge in [0.05, 0.1) is 19.4 Å². The van der Waals surface area contributed by atoms with Crippen molar-refractivity contribution in [3.05, 3.63) is 24.3 Å². The Balaban J connectivity index is 2.34. The van der Waals surface area contributed by atoms with Gasteiger partial charge in [-0.15, -0.1) is 0 Å². The molecule has 0 bridgehead atoms. The van der Waals surface area contributed by atoms with E-state index in [0.29, 0.717) is 12.6 Å². The van der Waals surface area contributed by atoms with E-state index < -0.39 is 0 Å². The molecule has 0 atom stereocenters. The number of hydrogen-bond acceptors (Lipinski definition) is 7. The Morgan fingerprint density at radius 2 is 1.95 bits per heavy atom. The van der Waals surface area contributed by atoms with E-state index in [1.165, 1.54) is 0 Å². The van der Waals surface area contributed by atoms with Crippen LogP contribution in [0.5, 0.6) is 11.8 Å². The highest BCUT2D eigenvalue weighted by Gasteiger charge is 2.14. The topological polar surface area (TPSA) is 86.4 Å². The number of benzene rings is 1. The maximum Gasteiger partial charge on any atom is 0.323 e. The fraction of sp³-hybridized carbons (Fsp3) is 0.357. The van der Waals surface area contributed by atoms with Crippen LogP contribution in [-0.2, 0) is 0 Å². The third-order valence-electron chi connectivity index (χ3n) is 2.80. The van der Waals surface area contributed by atoms with Crippen LogP contribution >= 0.6 is 0 Å². The fourth-order valence-corrected chi connectivity index (χ4v) is 1.78. The van der Waals surface area contributed by atoms with E-state index in [2.05, 4.69) is 15.0 Å². The van der Waals surface area contributed by atoms with E-state index in [1.54, 1.807) is 12.0 Å². The maximum atomic E-state index is 5.72. The smallest absolute Gasteiger partial charge is 0.323 e. The van der Waals surface area contributed by atoms with Gasteiger partial charge in [0, 0.05) is 7.05 Å². The first-order chi connectivity index (χ1) is 10.2. The van der Waals surface area contributed by atoms with E-state index in [-0.39, 0.29) is 12.0 Å². The highest BCUT2D eigenvalue weighted by Crippen LogP contribution is 2.30. The fourth-order valence-electron chi connectivity index (χ4n) is 1.78. The molecule has 2 N–H and O–H groups in total. The first-order valence-corrected chi connectivity index (χ1v) is 6.66. The number of nitrogen functional groups attached to an aromatic ring is 1. The molecule has 0 amide bonds. The van der Waals surface area contributed by atoms with E-state index in [4.69, 9.17) is 15.2 Å². The molecule has 0 aliphatic rings. The lowest BCUT2D eigenvalue weighted by atomic mass is 10.3. The van der Waals surface area contributed by atoms with Crippen molar-refractivity contribution in [1.82, 2.24) is 15.0 Å². The van der Waals surface area contributed by atoms with Gasteiger partial charge in [0.25, 0.3) is 0 Å². The highest BCUT2D eigenvalue weighted by atomic mass is 16.5. The van der Waals surface area contributed by atoms with Crippen molar-refractivity contribution in [2.24, 2.45) is 0 Å². The van der Waals surface area contributed by atoms with Crippen LogP contribution in [0.15, 0.2) is 24.3 Å². The van der Waals surface area contributed by atoms with Gasteiger partial charge >= 0.3 is 6.01 Å². The Hall–Kier alpha value is -2.57. The Kier molecular flexibility index (Phi) is 4.76. The highest BCUT2D eigenvalue weighted by molar-refractivity contribution is 5.65. The second-order valence-electron chi connectivity index (χ2n) is 4.36. The summed E-state index contributed by atoms with van der Waals surface area (Å²) in [6, 6.07) is 7.80. The van der Waals surface area contributed by atoms with E-state index in [9.17, 15) is 0 Å². The van der Waals surface area contributed by atoms with Crippen LogP contribution in [0.4, 0.5) is 17.6 Å². The van der Waals surface area contributed by atoms with Crippen LogP contribution in [0.1, 0.15) is 13.3 Å². The molecule has 0 aliphatic carbocycles. The molecule has 112 valence electrons. The Morgan fingerprint density at radius 3 is 2.67 bits per heavy atom. The van der Waals surface area contributed by atoms with Crippen molar-refractivity contribution >= 4 is 17.6 Å². The SMILES string of the molecule is CCCOc1nc(N)nc(N(C)c2ccccc2OC)n1. The van der Waals surface area contributed by atoms with Crippen molar-refractivity contribution < 1.29 is 9.47 Å². The molecule has 21 heavy (non-hydrogen) atoms. The minimum Gasteiger partial charge on any atom is -0.495 e. The normalized spacial score (nSPS) is 10.2. The molecular weight excluding hydrogens is 270 g/mol. The number of para-hydroxylation sites is 2. The van der Waals surface area contributed by atoms with Crippen molar-refractivity contribution in [2.45, 2.75) is 13.3 Å². The summed E-state index contributed by atoms with van der Waals surface area (Å²) in [5, 5.41) is 0. The number of rotatable bonds is 6. The quantitative estimate of drug-likeness (QED) is 0.870. The number of nitrogens with two attached hydrogens (primary N) is 1. The lowest BCUT2D eigenvalue weighted by Crippen LogP contribution is -2.16. The summed E-state index contributed by atoms with van der Waals surface area (Å²) in [7, 11) is 3.44. The Bertz CT molecular complexity index is 606. The first kappa shape index (κ1) is 14.8. The summed E-state index contributed by atoms with van der Waals surface area (Å²) in [5.41, 5.74) is 6.54. The van der Waals surface area contributed by atoms with Gasteiger partial charge in [0.1, 0.15) is 5.75 Å². The van der Waals surface area contributed by atoms with Crippen LogP contribution in [0, 0.1) is 0 Å². The summed E-state index contributed by atoms with van der Waals surface area (Å²) in [6.45, 7) is 2.54. The summed E-state index contributed by atoms with van der Waals surface area (Å²) in [4.78, 5) is 14.1. The molecule has 1 aromatic heterocycles. The zero-order chi connectivity index (χ0) is 15.2. The number of aromatic nitrogens is 3. The average molecular weight is 289 g/mol. The summed E-state index contributed by atoms with van der Waals surface area (Å²) >= 11 is 0. The second kappa shape index (κ2) is 6.74. The van der Waals surface area contributed by atoms with Gasteiger partial charge in [0.15, 0.2) is 0 Å². The Labute approximate surface area is 123 Å². The maximum absolute atomic E-state index is 5.72. The van der Waals surface area contributed by atoms with Gasteiger partial charge in [-0.25, -0.2) is 0 Å². The zero-order valence-electron chi connectivity index (χ0n) is 12.4. The third-order valence-corrected chi connectivity index (χ3v) is 2.80. The molecule has 0 unspecified atom stereocenters. The number of anilines is 3. The predicted octanol–water partition coefficient (Wildman–Crippen LogP) is 2.02. The van der Waals surface area contributed by atoms with Crippen LogP contribution in [0.2, 0.25) is 0 Å². The molecule has 0 spiro atoms. The molecule has 1 aromatic carbocycles. The van der Waals surface area contributed by atoms with Gasteiger partial charge in [0.2, 0.25) is 11.9 Å². The van der Waals surface area contributed by atoms with Gasteiger partial charge in [-0.1, -0.05) is 19.1 Å². The van der Waals surface area contributed by atoms with E-state index in [0.717, 1.165) is 17.9 Å². The molecule has 0 saturated carbocycles. The lowest BCUT2D eigenvalue weighted by Gasteiger charge is -2.20. The van der Waals surface area contributed by atoms with Crippen molar-refractivity contribution in [2.75, 3.05) is 31.4 Å². The number of ether oxygens (including phenoxy) is 2.